The molecule has 0 spiro atoms. The van der Waals surface area contributed by atoms with Gasteiger partial charge in [0, 0.05) is 25.2 Å². The first-order valence-corrected chi connectivity index (χ1v) is 6.18. The van der Waals surface area contributed by atoms with Crippen LogP contribution in [0.25, 0.3) is 0 Å². The zero-order valence-electron chi connectivity index (χ0n) is 8.55. The van der Waals surface area contributed by atoms with E-state index in [4.69, 9.17) is 23.2 Å². The number of piperidine rings is 1. The number of hydrogen-bond acceptors (Lipinski definition) is 2. The minimum absolute atomic E-state index is 0.465. The Bertz CT molecular complexity index is 335. The highest BCUT2D eigenvalue weighted by Crippen LogP contribution is 2.26. The van der Waals surface area contributed by atoms with E-state index in [0.29, 0.717) is 5.88 Å². The Balaban J connectivity index is 2.19. The number of pyridine rings is 1. The van der Waals surface area contributed by atoms with E-state index < -0.39 is 0 Å². The molecule has 0 atom stereocenters. The molecule has 1 fully saturated rings. The van der Waals surface area contributed by atoms with E-state index in [1.807, 2.05) is 12.3 Å². The molecule has 0 N–H and O–H groups in total. The number of alkyl halides is 1. The number of rotatable bonds is 2. The quantitative estimate of drug-likeness (QED) is 0.741. The highest BCUT2D eigenvalue weighted by atomic mass is 35.5. The number of nitrogens with zero attached hydrogens (tertiary/aromatic N) is 2. The van der Waals surface area contributed by atoms with Crippen molar-refractivity contribution in [2.24, 2.45) is 0 Å². The fraction of sp³-hybridized carbons (Fsp3) is 0.545. The van der Waals surface area contributed by atoms with Gasteiger partial charge in [-0.2, -0.15) is 0 Å². The minimum atomic E-state index is 0.465. The molecule has 0 bridgehead atoms. The summed E-state index contributed by atoms with van der Waals surface area (Å²) in [5.74, 6) is 1.37. The van der Waals surface area contributed by atoms with Crippen molar-refractivity contribution in [3.8, 4) is 0 Å². The minimum Gasteiger partial charge on any atom is -0.355 e. The molecule has 0 unspecified atom stereocenters. The van der Waals surface area contributed by atoms with Crippen LogP contribution in [-0.4, -0.2) is 18.1 Å². The molecular formula is C11H14Cl2N2. The third-order valence-corrected chi connectivity index (χ3v) is 3.28. The van der Waals surface area contributed by atoms with Gasteiger partial charge in [-0.05, 0) is 30.9 Å². The summed E-state index contributed by atoms with van der Waals surface area (Å²) in [4.78, 5) is 6.64. The summed E-state index contributed by atoms with van der Waals surface area (Å²) in [5.41, 5.74) is 0.974. The second-order valence-corrected chi connectivity index (χ2v) is 4.50. The van der Waals surface area contributed by atoms with Crippen LogP contribution in [0.1, 0.15) is 24.8 Å². The fourth-order valence-corrected chi connectivity index (χ4v) is 2.34. The first-order chi connectivity index (χ1) is 7.31. The van der Waals surface area contributed by atoms with E-state index in [-0.39, 0.29) is 0 Å². The van der Waals surface area contributed by atoms with Crippen LogP contribution in [0.3, 0.4) is 0 Å². The topological polar surface area (TPSA) is 16.1 Å². The van der Waals surface area contributed by atoms with Crippen LogP contribution in [0, 0.1) is 0 Å². The van der Waals surface area contributed by atoms with Gasteiger partial charge in [0.1, 0.15) is 5.82 Å². The lowest BCUT2D eigenvalue weighted by Crippen LogP contribution is -2.30. The van der Waals surface area contributed by atoms with Gasteiger partial charge in [-0.25, -0.2) is 4.98 Å². The SMILES string of the molecule is ClCc1cnc(N2CCCCC2)c(Cl)c1. The summed E-state index contributed by atoms with van der Waals surface area (Å²) in [6.45, 7) is 2.12. The fourth-order valence-electron chi connectivity index (χ4n) is 1.88. The maximum absolute atomic E-state index is 6.18. The van der Waals surface area contributed by atoms with Gasteiger partial charge in [0.25, 0.3) is 0 Å². The largest absolute Gasteiger partial charge is 0.355 e. The Kier molecular flexibility index (Phi) is 3.71. The molecule has 2 nitrogen and oxygen atoms in total. The molecule has 4 heteroatoms. The molecule has 2 rings (SSSR count). The first-order valence-electron chi connectivity index (χ1n) is 5.26. The Hall–Kier alpha value is -0.470. The molecule has 82 valence electrons. The van der Waals surface area contributed by atoms with E-state index in [1.165, 1.54) is 19.3 Å². The average molecular weight is 245 g/mol. The molecule has 0 aromatic carbocycles. The summed E-state index contributed by atoms with van der Waals surface area (Å²) < 4.78 is 0. The van der Waals surface area contributed by atoms with Crippen molar-refractivity contribution in [1.82, 2.24) is 4.98 Å². The maximum Gasteiger partial charge on any atom is 0.147 e. The van der Waals surface area contributed by atoms with Gasteiger partial charge in [0.05, 0.1) is 5.02 Å². The van der Waals surface area contributed by atoms with Crippen molar-refractivity contribution in [2.75, 3.05) is 18.0 Å². The molecule has 0 aliphatic carbocycles. The van der Waals surface area contributed by atoms with Crippen LogP contribution in [0.2, 0.25) is 5.02 Å². The van der Waals surface area contributed by atoms with Gasteiger partial charge < -0.3 is 4.90 Å². The van der Waals surface area contributed by atoms with Crippen molar-refractivity contribution < 1.29 is 0 Å². The third kappa shape index (κ3) is 2.56. The number of hydrogen-bond donors (Lipinski definition) is 0. The van der Waals surface area contributed by atoms with Crippen LogP contribution in [0.5, 0.6) is 0 Å². The Labute approximate surface area is 100 Å². The standard InChI is InChI=1S/C11H14Cl2N2/c12-7-9-6-10(13)11(14-8-9)15-4-2-1-3-5-15/h6,8H,1-5,7H2. The number of anilines is 1. The Morgan fingerprint density at radius 3 is 2.60 bits per heavy atom. The van der Waals surface area contributed by atoms with E-state index in [0.717, 1.165) is 29.5 Å². The lowest BCUT2D eigenvalue weighted by Gasteiger charge is -2.28. The van der Waals surface area contributed by atoms with Gasteiger partial charge in [-0.3, -0.25) is 0 Å². The molecule has 1 aliphatic heterocycles. The van der Waals surface area contributed by atoms with Gasteiger partial charge in [0.2, 0.25) is 0 Å². The van der Waals surface area contributed by atoms with Gasteiger partial charge in [0.15, 0.2) is 0 Å². The number of halogens is 2. The Morgan fingerprint density at radius 2 is 2.00 bits per heavy atom. The highest BCUT2D eigenvalue weighted by Gasteiger charge is 2.15. The second kappa shape index (κ2) is 5.04. The normalized spacial score (nSPS) is 16.8. The van der Waals surface area contributed by atoms with Crippen LogP contribution < -0.4 is 4.90 Å². The first kappa shape index (κ1) is 11.0. The summed E-state index contributed by atoms with van der Waals surface area (Å²) in [6, 6.07) is 1.91. The molecule has 2 heterocycles. The smallest absolute Gasteiger partial charge is 0.147 e. The zero-order chi connectivity index (χ0) is 10.7. The maximum atomic E-state index is 6.18. The molecule has 0 amide bonds. The van der Waals surface area contributed by atoms with Crippen molar-refractivity contribution in [3.63, 3.8) is 0 Å². The summed E-state index contributed by atoms with van der Waals surface area (Å²) in [5, 5.41) is 0.718. The predicted molar refractivity (Wildman–Crippen MR) is 64.9 cm³/mol. The van der Waals surface area contributed by atoms with Gasteiger partial charge in [-0.1, -0.05) is 11.6 Å². The summed E-state index contributed by atoms with van der Waals surface area (Å²) in [6.07, 6.45) is 5.58. The highest BCUT2D eigenvalue weighted by molar-refractivity contribution is 6.33. The van der Waals surface area contributed by atoms with Crippen LogP contribution in [0.4, 0.5) is 5.82 Å². The van der Waals surface area contributed by atoms with Crippen molar-refractivity contribution in [1.29, 1.82) is 0 Å². The van der Waals surface area contributed by atoms with E-state index in [2.05, 4.69) is 9.88 Å². The molecule has 0 saturated carbocycles. The molecular weight excluding hydrogens is 231 g/mol. The second-order valence-electron chi connectivity index (χ2n) is 3.83. The van der Waals surface area contributed by atoms with Gasteiger partial charge in [-0.15, -0.1) is 11.6 Å². The predicted octanol–water partition coefficient (Wildman–Crippen LogP) is 3.46. The van der Waals surface area contributed by atoms with Crippen LogP contribution in [-0.2, 0) is 5.88 Å². The van der Waals surface area contributed by atoms with E-state index in [9.17, 15) is 0 Å². The van der Waals surface area contributed by atoms with Gasteiger partial charge >= 0.3 is 0 Å². The monoisotopic (exact) mass is 244 g/mol. The lowest BCUT2D eigenvalue weighted by molar-refractivity contribution is 0.573. The summed E-state index contributed by atoms with van der Waals surface area (Å²) in [7, 11) is 0. The van der Waals surface area contributed by atoms with E-state index >= 15 is 0 Å². The molecule has 0 radical (unpaired) electrons. The molecule has 15 heavy (non-hydrogen) atoms. The molecule has 1 aliphatic rings. The third-order valence-electron chi connectivity index (χ3n) is 2.69. The van der Waals surface area contributed by atoms with Crippen molar-refractivity contribution in [2.45, 2.75) is 25.1 Å². The van der Waals surface area contributed by atoms with Crippen LogP contribution in [0.15, 0.2) is 12.3 Å². The summed E-state index contributed by atoms with van der Waals surface area (Å²) >= 11 is 11.9. The Morgan fingerprint density at radius 1 is 1.27 bits per heavy atom. The average Bonchev–Trinajstić information content (AvgIpc) is 2.30. The zero-order valence-corrected chi connectivity index (χ0v) is 10.1. The van der Waals surface area contributed by atoms with E-state index in [1.54, 1.807) is 0 Å². The van der Waals surface area contributed by atoms with Crippen molar-refractivity contribution >= 4 is 29.0 Å². The number of aromatic nitrogens is 1. The van der Waals surface area contributed by atoms with Crippen molar-refractivity contribution in [3.05, 3.63) is 22.8 Å². The molecule has 1 saturated heterocycles. The molecule has 1 aromatic rings. The molecule has 1 aromatic heterocycles. The lowest BCUT2D eigenvalue weighted by atomic mass is 10.1. The van der Waals surface area contributed by atoms with Crippen LogP contribution >= 0.6 is 23.2 Å².